The molecule has 1 aliphatic heterocycles. The molecule has 2 atom stereocenters. The van der Waals surface area contributed by atoms with E-state index in [4.69, 9.17) is 10.5 Å². The molecule has 0 saturated heterocycles. The lowest BCUT2D eigenvalue weighted by Crippen LogP contribution is -2.39. The topological polar surface area (TPSA) is 113 Å². The third-order valence-corrected chi connectivity index (χ3v) is 5.07. The van der Waals surface area contributed by atoms with Gasteiger partial charge in [-0.3, -0.25) is 9.78 Å². The molecule has 0 radical (unpaired) electrons. The quantitative estimate of drug-likeness (QED) is 0.271. The number of benzene rings is 1. The van der Waals surface area contributed by atoms with E-state index >= 15 is 0 Å². The second-order valence-corrected chi connectivity index (χ2v) is 7.45. The highest BCUT2D eigenvalue weighted by Crippen LogP contribution is 2.34. The number of hydrogen-bond acceptors (Lipinski definition) is 7. The number of halogens is 2. The molecule has 0 fully saturated rings. The van der Waals surface area contributed by atoms with Gasteiger partial charge in [-0.2, -0.15) is 10.2 Å². The zero-order valence-corrected chi connectivity index (χ0v) is 21.4. The minimum absolute atomic E-state index is 0.0176. The van der Waals surface area contributed by atoms with E-state index in [2.05, 4.69) is 28.6 Å². The first-order valence-electron chi connectivity index (χ1n) is 11.7. The number of hydrogen-bond donors (Lipinski definition) is 2. The van der Waals surface area contributed by atoms with Crippen molar-refractivity contribution in [3.05, 3.63) is 88.9 Å². The SMILES string of the molecule is C/C=C\C=C(/N)[C@@H](O)C(c1ccccn1)N1Cc2ccc(COCC(F)F)cc2C1=O.C=NN=C.CC. The van der Waals surface area contributed by atoms with Crippen LogP contribution >= 0.6 is 0 Å². The molecule has 0 spiro atoms. The van der Waals surface area contributed by atoms with Crippen LogP contribution in [0.2, 0.25) is 0 Å². The molecule has 200 valence electrons. The summed E-state index contributed by atoms with van der Waals surface area (Å²) < 4.78 is 29.6. The number of carbonyl (C=O) groups excluding carboxylic acids is 1. The van der Waals surface area contributed by atoms with Gasteiger partial charge in [0.2, 0.25) is 0 Å². The maximum atomic E-state index is 13.2. The highest BCUT2D eigenvalue weighted by atomic mass is 19.3. The summed E-state index contributed by atoms with van der Waals surface area (Å²) in [6.07, 6.45) is 2.95. The molecule has 1 unspecified atom stereocenters. The Hall–Kier alpha value is -3.76. The number of allylic oxidation sites excluding steroid dienone is 3. The van der Waals surface area contributed by atoms with Crippen LogP contribution in [-0.2, 0) is 17.9 Å². The lowest BCUT2D eigenvalue weighted by Gasteiger charge is -2.31. The van der Waals surface area contributed by atoms with Crippen molar-refractivity contribution in [1.82, 2.24) is 9.88 Å². The van der Waals surface area contributed by atoms with Crippen molar-refractivity contribution in [2.24, 2.45) is 15.9 Å². The first kappa shape index (κ1) is 31.3. The minimum atomic E-state index is -2.55. The molecular formula is C27H35F2N5O3. The molecule has 0 saturated carbocycles. The summed E-state index contributed by atoms with van der Waals surface area (Å²) in [7, 11) is 0. The molecule has 1 aromatic heterocycles. The second-order valence-electron chi connectivity index (χ2n) is 7.45. The van der Waals surface area contributed by atoms with E-state index in [1.807, 2.05) is 20.8 Å². The van der Waals surface area contributed by atoms with Crippen molar-refractivity contribution in [2.75, 3.05) is 6.61 Å². The molecule has 3 N–H and O–H groups in total. The van der Waals surface area contributed by atoms with E-state index in [1.165, 1.54) is 4.90 Å². The van der Waals surface area contributed by atoms with Crippen LogP contribution in [0.4, 0.5) is 8.78 Å². The van der Waals surface area contributed by atoms with Gasteiger partial charge >= 0.3 is 0 Å². The van der Waals surface area contributed by atoms with Crippen molar-refractivity contribution >= 4 is 19.3 Å². The molecule has 3 rings (SSSR count). The molecule has 0 bridgehead atoms. The van der Waals surface area contributed by atoms with Gasteiger partial charge in [-0.1, -0.05) is 44.2 Å². The van der Waals surface area contributed by atoms with Gasteiger partial charge in [0.05, 0.1) is 12.3 Å². The molecule has 37 heavy (non-hydrogen) atoms. The highest BCUT2D eigenvalue weighted by molar-refractivity contribution is 5.98. The summed E-state index contributed by atoms with van der Waals surface area (Å²) >= 11 is 0. The summed E-state index contributed by atoms with van der Waals surface area (Å²) in [4.78, 5) is 19.1. The number of nitrogens with two attached hydrogens (primary N) is 1. The normalized spacial score (nSPS) is 14.3. The summed E-state index contributed by atoms with van der Waals surface area (Å²) in [5.41, 5.74) is 8.63. The predicted molar refractivity (Wildman–Crippen MR) is 142 cm³/mol. The van der Waals surface area contributed by atoms with Crippen LogP contribution in [-0.4, -0.2) is 53.5 Å². The standard InChI is InChI=1S/C23H25F2N3O3.C2H4N2.C2H6/c1-2-3-6-18(26)22(29)21(19-7-4-5-10-27-19)28-12-16-9-8-15(11-17(16)23(28)30)13-31-14-20(24)25;1-3-4-2;1-2/h2-11,20-22,29H,12-14,26H2,1H3;1-2H2;1-2H3/b3-2-,18-6-;;/t21?,22-;;/m1../s1. The lowest BCUT2D eigenvalue weighted by atomic mass is 10.0. The van der Waals surface area contributed by atoms with Gasteiger partial charge in [0.15, 0.2) is 0 Å². The number of pyridine rings is 1. The highest BCUT2D eigenvalue weighted by Gasteiger charge is 2.38. The van der Waals surface area contributed by atoms with Crippen molar-refractivity contribution in [3.63, 3.8) is 0 Å². The second kappa shape index (κ2) is 16.8. The fourth-order valence-electron chi connectivity index (χ4n) is 3.48. The van der Waals surface area contributed by atoms with Gasteiger partial charge in [0.25, 0.3) is 12.3 Å². The summed E-state index contributed by atoms with van der Waals surface area (Å²) in [5.74, 6) is -0.292. The Morgan fingerprint density at radius 2 is 1.97 bits per heavy atom. The molecule has 2 aromatic rings. The van der Waals surface area contributed by atoms with Crippen LogP contribution in [0, 0.1) is 0 Å². The van der Waals surface area contributed by atoms with E-state index in [0.717, 1.165) is 5.56 Å². The molecule has 0 aliphatic carbocycles. The third kappa shape index (κ3) is 9.32. The largest absolute Gasteiger partial charge is 0.400 e. The van der Waals surface area contributed by atoms with E-state index in [1.54, 1.807) is 60.8 Å². The van der Waals surface area contributed by atoms with Crippen molar-refractivity contribution in [3.8, 4) is 0 Å². The predicted octanol–water partition coefficient (Wildman–Crippen LogP) is 4.67. The van der Waals surface area contributed by atoms with Crippen LogP contribution in [0.15, 0.2) is 76.7 Å². The van der Waals surface area contributed by atoms with Gasteiger partial charge in [-0.05, 0) is 42.3 Å². The number of alkyl halides is 2. The number of aromatic nitrogens is 1. The number of ether oxygens (including phenoxy) is 1. The van der Waals surface area contributed by atoms with E-state index in [9.17, 15) is 18.7 Å². The van der Waals surface area contributed by atoms with Crippen LogP contribution < -0.4 is 5.73 Å². The van der Waals surface area contributed by atoms with Gasteiger partial charge in [-0.25, -0.2) is 8.78 Å². The first-order chi connectivity index (χ1) is 17.8. The number of rotatable bonds is 10. The van der Waals surface area contributed by atoms with E-state index < -0.39 is 25.2 Å². The van der Waals surface area contributed by atoms with Gasteiger partial charge in [-0.15, -0.1) is 0 Å². The summed E-state index contributed by atoms with van der Waals surface area (Å²) in [6.45, 7) is 11.4. The maximum absolute atomic E-state index is 13.2. The molecular weight excluding hydrogens is 480 g/mol. The van der Waals surface area contributed by atoms with Gasteiger partial charge in [0.1, 0.15) is 18.8 Å². The van der Waals surface area contributed by atoms with E-state index in [0.29, 0.717) is 16.8 Å². The Kier molecular flexibility index (Phi) is 14.2. The Balaban J connectivity index is 0.00000104. The average Bonchev–Trinajstić information content (AvgIpc) is 3.24. The number of aliphatic hydroxyl groups excluding tert-OH is 1. The van der Waals surface area contributed by atoms with E-state index in [-0.39, 0.29) is 24.8 Å². The van der Waals surface area contributed by atoms with Crippen molar-refractivity contribution < 1.29 is 23.4 Å². The molecule has 1 amide bonds. The Bertz CT molecular complexity index is 1060. The van der Waals surface area contributed by atoms with Crippen molar-refractivity contribution in [2.45, 2.75) is 52.5 Å². The molecule has 8 nitrogen and oxygen atoms in total. The molecule has 1 aromatic carbocycles. The summed E-state index contributed by atoms with van der Waals surface area (Å²) in [6, 6.07) is 9.63. The summed E-state index contributed by atoms with van der Waals surface area (Å²) in [5, 5.41) is 17.0. The fourth-order valence-corrected chi connectivity index (χ4v) is 3.48. The Labute approximate surface area is 216 Å². The zero-order chi connectivity index (χ0) is 27.8. The first-order valence-corrected chi connectivity index (χ1v) is 11.7. The van der Waals surface area contributed by atoms with Gasteiger partial charge in [0, 0.05) is 37.4 Å². The number of fused-ring (bicyclic) bond motifs is 1. The van der Waals surface area contributed by atoms with Gasteiger partial charge < -0.3 is 20.5 Å². The average molecular weight is 516 g/mol. The van der Waals surface area contributed by atoms with Crippen LogP contribution in [0.3, 0.4) is 0 Å². The smallest absolute Gasteiger partial charge is 0.261 e. The monoisotopic (exact) mass is 515 g/mol. The molecule has 1 aliphatic rings. The van der Waals surface area contributed by atoms with Crippen LogP contribution in [0.1, 0.15) is 54.0 Å². The zero-order valence-electron chi connectivity index (χ0n) is 21.4. The number of amides is 1. The number of carbonyl (C=O) groups is 1. The van der Waals surface area contributed by atoms with Crippen LogP contribution in [0.5, 0.6) is 0 Å². The number of nitrogens with zero attached hydrogens (tertiary/aromatic N) is 4. The molecule has 10 heteroatoms. The Morgan fingerprint density at radius 1 is 1.27 bits per heavy atom. The third-order valence-electron chi connectivity index (χ3n) is 5.07. The minimum Gasteiger partial charge on any atom is -0.400 e. The maximum Gasteiger partial charge on any atom is 0.261 e. The van der Waals surface area contributed by atoms with Crippen molar-refractivity contribution in [1.29, 1.82) is 0 Å². The lowest BCUT2D eigenvalue weighted by molar-refractivity contribution is 0.00985. The molecule has 2 heterocycles. The Morgan fingerprint density at radius 3 is 2.54 bits per heavy atom. The van der Waals surface area contributed by atoms with Crippen LogP contribution in [0.25, 0.3) is 0 Å². The number of aliphatic hydroxyl groups is 1. The fraction of sp³-hybridized carbons (Fsp3) is 0.333.